The van der Waals surface area contributed by atoms with Crippen molar-refractivity contribution >= 4 is 40.2 Å². The van der Waals surface area contributed by atoms with Gasteiger partial charge in [0.15, 0.2) is 11.5 Å². The fraction of sp³-hybridized carbons (Fsp3) is 0.417. The normalized spacial score (nSPS) is 18.5. The van der Waals surface area contributed by atoms with Crippen molar-refractivity contribution in [3.05, 3.63) is 37.2 Å². The van der Waals surface area contributed by atoms with Crippen LogP contribution in [-0.4, -0.2) is 76.8 Å². The van der Waals surface area contributed by atoms with E-state index in [2.05, 4.69) is 26.8 Å². The second-order valence-electron chi connectivity index (χ2n) is 8.65. The van der Waals surface area contributed by atoms with Crippen LogP contribution >= 0.6 is 0 Å². The van der Waals surface area contributed by atoms with Gasteiger partial charge in [-0.1, -0.05) is 6.58 Å². The van der Waals surface area contributed by atoms with Crippen molar-refractivity contribution in [3.8, 4) is 5.75 Å². The highest BCUT2D eigenvalue weighted by atomic mass is 16.5. The lowest BCUT2D eigenvalue weighted by atomic mass is 10.1. The number of imidazole rings is 1. The Morgan fingerprint density at radius 3 is 2.89 bits per heavy atom. The molecule has 0 spiro atoms. The van der Waals surface area contributed by atoms with E-state index in [0.29, 0.717) is 42.7 Å². The fourth-order valence-corrected chi connectivity index (χ4v) is 4.72. The molecule has 5 rings (SSSR count). The number of rotatable bonds is 6. The summed E-state index contributed by atoms with van der Waals surface area (Å²) in [5.41, 5.74) is 9.22. The SMILES string of the molecule is C=CC(=O)N1CCC[C@H](n2cnc3c(N)nc(Nc4ccc(N5CCOCC5)c(OC)c4)nc32)C1. The Morgan fingerprint density at radius 1 is 1.29 bits per heavy atom. The summed E-state index contributed by atoms with van der Waals surface area (Å²) < 4.78 is 13.1. The molecule has 0 saturated carbocycles. The largest absolute Gasteiger partial charge is 0.495 e. The van der Waals surface area contributed by atoms with Gasteiger partial charge in [0.1, 0.15) is 11.3 Å². The molecule has 4 heterocycles. The number of ether oxygens (including phenoxy) is 2. The van der Waals surface area contributed by atoms with Crippen molar-refractivity contribution in [3.63, 3.8) is 0 Å². The van der Waals surface area contributed by atoms with Gasteiger partial charge in [-0.15, -0.1) is 0 Å². The Labute approximate surface area is 203 Å². The van der Waals surface area contributed by atoms with Crippen LogP contribution in [0.5, 0.6) is 5.75 Å². The second kappa shape index (κ2) is 9.79. The number of hydrogen-bond acceptors (Lipinski definition) is 9. The minimum Gasteiger partial charge on any atom is -0.495 e. The molecule has 2 saturated heterocycles. The molecule has 2 aliphatic heterocycles. The highest BCUT2D eigenvalue weighted by Gasteiger charge is 2.26. The summed E-state index contributed by atoms with van der Waals surface area (Å²) in [6, 6.07) is 5.96. The monoisotopic (exact) mass is 478 g/mol. The van der Waals surface area contributed by atoms with Crippen LogP contribution in [0.1, 0.15) is 18.9 Å². The average Bonchev–Trinajstić information content (AvgIpc) is 3.33. The number of anilines is 4. The number of nitrogens with zero attached hydrogens (tertiary/aromatic N) is 6. The number of nitrogens with two attached hydrogens (primary N) is 1. The molecule has 0 unspecified atom stereocenters. The number of carbonyl (C=O) groups is 1. The van der Waals surface area contributed by atoms with Gasteiger partial charge in [0.2, 0.25) is 11.9 Å². The summed E-state index contributed by atoms with van der Waals surface area (Å²) in [7, 11) is 1.66. The van der Waals surface area contributed by atoms with Gasteiger partial charge in [0, 0.05) is 37.9 Å². The van der Waals surface area contributed by atoms with Crippen LogP contribution < -0.4 is 20.7 Å². The first-order valence-corrected chi connectivity index (χ1v) is 11.8. The number of morpholine rings is 1. The molecule has 0 bridgehead atoms. The highest BCUT2D eigenvalue weighted by Crippen LogP contribution is 2.33. The molecule has 2 fully saturated rings. The fourth-order valence-electron chi connectivity index (χ4n) is 4.72. The van der Waals surface area contributed by atoms with E-state index in [1.54, 1.807) is 18.3 Å². The van der Waals surface area contributed by atoms with Gasteiger partial charge >= 0.3 is 0 Å². The van der Waals surface area contributed by atoms with Gasteiger partial charge in [-0.2, -0.15) is 9.97 Å². The molecule has 11 nitrogen and oxygen atoms in total. The van der Waals surface area contributed by atoms with Crippen LogP contribution in [0.15, 0.2) is 37.2 Å². The Bertz CT molecular complexity index is 1240. The molecule has 2 aromatic heterocycles. The number of nitrogens with one attached hydrogen (secondary N) is 1. The number of nitrogen functional groups attached to an aromatic ring is 1. The lowest BCUT2D eigenvalue weighted by molar-refractivity contribution is -0.127. The maximum absolute atomic E-state index is 12.1. The third kappa shape index (κ3) is 4.59. The van der Waals surface area contributed by atoms with Gasteiger partial charge in [-0.25, -0.2) is 4.98 Å². The van der Waals surface area contributed by atoms with Crippen LogP contribution in [0.4, 0.5) is 23.1 Å². The second-order valence-corrected chi connectivity index (χ2v) is 8.65. The number of fused-ring (bicyclic) bond motifs is 1. The van der Waals surface area contributed by atoms with Gasteiger partial charge in [-0.05, 0) is 31.1 Å². The predicted molar refractivity (Wildman–Crippen MR) is 134 cm³/mol. The van der Waals surface area contributed by atoms with E-state index in [1.807, 2.05) is 22.8 Å². The van der Waals surface area contributed by atoms with E-state index in [4.69, 9.17) is 20.2 Å². The molecule has 1 aromatic carbocycles. The molecule has 1 amide bonds. The Morgan fingerprint density at radius 2 is 2.11 bits per heavy atom. The van der Waals surface area contributed by atoms with Crippen molar-refractivity contribution in [2.24, 2.45) is 0 Å². The summed E-state index contributed by atoms with van der Waals surface area (Å²) in [6.07, 6.45) is 4.89. The maximum Gasteiger partial charge on any atom is 0.246 e. The molecule has 3 N–H and O–H groups in total. The number of benzene rings is 1. The quantitative estimate of drug-likeness (QED) is 0.514. The molecule has 2 aliphatic rings. The zero-order chi connectivity index (χ0) is 24.4. The number of piperidine rings is 1. The van der Waals surface area contributed by atoms with E-state index in [1.165, 1.54) is 6.08 Å². The molecule has 184 valence electrons. The number of aromatic nitrogens is 4. The topological polar surface area (TPSA) is 124 Å². The summed E-state index contributed by atoms with van der Waals surface area (Å²) >= 11 is 0. The standard InChI is InChI=1S/C24H30N8O3/c1-3-20(33)31-8-4-5-17(14-31)32-15-26-21-22(25)28-24(29-23(21)32)27-16-6-7-18(19(13-16)34-2)30-9-11-35-12-10-30/h3,6-7,13,15,17H,1,4-5,8-12,14H2,2H3,(H3,25,27,28,29)/t17-/m0/s1. The zero-order valence-electron chi connectivity index (χ0n) is 19.8. The molecular weight excluding hydrogens is 448 g/mol. The number of hydrogen-bond donors (Lipinski definition) is 2. The first-order valence-electron chi connectivity index (χ1n) is 11.8. The zero-order valence-corrected chi connectivity index (χ0v) is 19.8. The average molecular weight is 479 g/mol. The summed E-state index contributed by atoms with van der Waals surface area (Å²) in [4.78, 5) is 29.8. The van der Waals surface area contributed by atoms with E-state index < -0.39 is 0 Å². The number of methoxy groups -OCH3 is 1. The van der Waals surface area contributed by atoms with Gasteiger partial charge in [0.25, 0.3) is 0 Å². The lowest BCUT2D eigenvalue weighted by Gasteiger charge is -2.32. The maximum atomic E-state index is 12.1. The van der Waals surface area contributed by atoms with Crippen LogP contribution in [0.3, 0.4) is 0 Å². The molecular formula is C24H30N8O3. The molecule has 35 heavy (non-hydrogen) atoms. The van der Waals surface area contributed by atoms with Gasteiger partial charge in [0.05, 0.1) is 38.4 Å². The van der Waals surface area contributed by atoms with Crippen LogP contribution in [-0.2, 0) is 9.53 Å². The van der Waals surface area contributed by atoms with E-state index in [9.17, 15) is 4.79 Å². The summed E-state index contributed by atoms with van der Waals surface area (Å²) in [5.74, 6) is 1.35. The van der Waals surface area contributed by atoms with Gasteiger partial charge in [-0.3, -0.25) is 4.79 Å². The molecule has 11 heteroatoms. The van der Waals surface area contributed by atoms with Crippen LogP contribution in [0.2, 0.25) is 0 Å². The predicted octanol–water partition coefficient (Wildman–Crippen LogP) is 2.35. The Balaban J connectivity index is 1.41. The van der Waals surface area contributed by atoms with Crippen LogP contribution in [0, 0.1) is 0 Å². The minimum absolute atomic E-state index is 0.0488. The van der Waals surface area contributed by atoms with Crippen LogP contribution in [0.25, 0.3) is 11.2 Å². The smallest absolute Gasteiger partial charge is 0.246 e. The highest BCUT2D eigenvalue weighted by molar-refractivity contribution is 5.87. The Hall–Kier alpha value is -3.86. The molecule has 1 atom stereocenters. The first kappa shape index (κ1) is 22.9. The van der Waals surface area contributed by atoms with Crippen molar-refractivity contribution < 1.29 is 14.3 Å². The first-order chi connectivity index (χ1) is 17.1. The van der Waals surface area contributed by atoms with Gasteiger partial charge < -0.3 is 34.9 Å². The minimum atomic E-state index is -0.0647. The summed E-state index contributed by atoms with van der Waals surface area (Å²) in [6.45, 7) is 7.94. The van der Waals surface area contributed by atoms with Crippen molar-refractivity contribution in [1.82, 2.24) is 24.4 Å². The molecule has 0 aliphatic carbocycles. The molecule has 3 aromatic rings. The summed E-state index contributed by atoms with van der Waals surface area (Å²) in [5, 5.41) is 3.25. The van der Waals surface area contributed by atoms with Crippen molar-refractivity contribution in [1.29, 1.82) is 0 Å². The number of carbonyl (C=O) groups excluding carboxylic acids is 1. The lowest BCUT2D eigenvalue weighted by Crippen LogP contribution is -2.39. The Kier molecular flexibility index (Phi) is 6.41. The van der Waals surface area contributed by atoms with E-state index in [-0.39, 0.29) is 11.9 Å². The van der Waals surface area contributed by atoms with E-state index >= 15 is 0 Å². The van der Waals surface area contributed by atoms with E-state index in [0.717, 1.165) is 49.6 Å². The third-order valence-electron chi connectivity index (χ3n) is 6.51. The van der Waals surface area contributed by atoms with Crippen molar-refractivity contribution in [2.45, 2.75) is 18.9 Å². The number of likely N-dealkylation sites (tertiary alicyclic amines) is 1. The number of amides is 1. The molecule has 0 radical (unpaired) electrons. The van der Waals surface area contributed by atoms with Crippen molar-refractivity contribution in [2.75, 3.05) is 62.5 Å². The third-order valence-corrected chi connectivity index (χ3v) is 6.51.